The number of para-hydroxylation sites is 1. The van der Waals surface area contributed by atoms with Crippen molar-refractivity contribution in [1.82, 2.24) is 5.32 Å². The average molecular weight is 348 g/mol. The predicted octanol–water partition coefficient (Wildman–Crippen LogP) is 4.70. The van der Waals surface area contributed by atoms with Crippen LogP contribution in [0, 0.1) is 0 Å². The lowest BCUT2D eigenvalue weighted by atomic mass is 10.1. The number of halogens is 1. The zero-order valence-corrected chi connectivity index (χ0v) is 14.2. The monoisotopic (exact) mass is 347 g/mol. The van der Waals surface area contributed by atoms with Gasteiger partial charge in [-0.1, -0.05) is 50.2 Å². The molecule has 0 heterocycles. The summed E-state index contributed by atoms with van der Waals surface area (Å²) in [6, 6.07) is 14.8. The topological polar surface area (TPSA) is 21.3 Å². The molecule has 0 spiro atoms. The Balaban J connectivity index is 2.07. The fourth-order valence-electron chi connectivity index (χ4n) is 2.14. The van der Waals surface area contributed by atoms with Crippen molar-refractivity contribution in [2.75, 3.05) is 6.54 Å². The second-order valence-electron chi connectivity index (χ2n) is 4.97. The van der Waals surface area contributed by atoms with E-state index in [1.165, 1.54) is 16.7 Å². The van der Waals surface area contributed by atoms with Crippen LogP contribution >= 0.6 is 15.9 Å². The first-order chi connectivity index (χ1) is 10.2. The molecular formula is C18H22BrNO. The van der Waals surface area contributed by atoms with Crippen LogP contribution in [-0.2, 0) is 19.6 Å². The first kappa shape index (κ1) is 16.1. The van der Waals surface area contributed by atoms with Crippen molar-refractivity contribution in [3.63, 3.8) is 0 Å². The van der Waals surface area contributed by atoms with Crippen LogP contribution in [0.4, 0.5) is 0 Å². The Labute approximate surface area is 135 Å². The SMILES string of the molecule is CCNCc1cccc(Br)c1OCc1ccc(CC)cc1. The van der Waals surface area contributed by atoms with Gasteiger partial charge in [0.05, 0.1) is 4.47 Å². The molecule has 112 valence electrons. The van der Waals surface area contributed by atoms with Crippen molar-refractivity contribution >= 4 is 15.9 Å². The lowest BCUT2D eigenvalue weighted by Crippen LogP contribution is -2.13. The molecule has 2 aromatic carbocycles. The summed E-state index contributed by atoms with van der Waals surface area (Å²) in [7, 11) is 0. The van der Waals surface area contributed by atoms with Gasteiger partial charge in [-0.15, -0.1) is 0 Å². The van der Waals surface area contributed by atoms with Crippen LogP contribution < -0.4 is 10.1 Å². The van der Waals surface area contributed by atoms with Crippen LogP contribution in [0.2, 0.25) is 0 Å². The predicted molar refractivity (Wildman–Crippen MR) is 91.7 cm³/mol. The van der Waals surface area contributed by atoms with Crippen LogP contribution in [0.3, 0.4) is 0 Å². The van der Waals surface area contributed by atoms with Gasteiger partial charge in [0.2, 0.25) is 0 Å². The molecule has 2 aromatic rings. The van der Waals surface area contributed by atoms with Gasteiger partial charge in [0.25, 0.3) is 0 Å². The van der Waals surface area contributed by atoms with Gasteiger partial charge in [-0.2, -0.15) is 0 Å². The van der Waals surface area contributed by atoms with Crippen molar-refractivity contribution in [3.05, 3.63) is 63.6 Å². The molecule has 0 fully saturated rings. The van der Waals surface area contributed by atoms with Gasteiger partial charge in [0.15, 0.2) is 0 Å². The highest BCUT2D eigenvalue weighted by Crippen LogP contribution is 2.29. The normalized spacial score (nSPS) is 10.6. The van der Waals surface area contributed by atoms with Crippen LogP contribution in [-0.4, -0.2) is 6.54 Å². The van der Waals surface area contributed by atoms with E-state index in [1.54, 1.807) is 0 Å². The Morgan fingerprint density at radius 2 is 1.71 bits per heavy atom. The summed E-state index contributed by atoms with van der Waals surface area (Å²) in [6.45, 7) is 6.63. The Morgan fingerprint density at radius 1 is 1.00 bits per heavy atom. The lowest BCUT2D eigenvalue weighted by molar-refractivity contribution is 0.300. The number of hydrogen-bond donors (Lipinski definition) is 1. The van der Waals surface area contributed by atoms with E-state index in [0.29, 0.717) is 6.61 Å². The van der Waals surface area contributed by atoms with Crippen LogP contribution in [0.5, 0.6) is 5.75 Å². The summed E-state index contributed by atoms with van der Waals surface area (Å²) in [4.78, 5) is 0. The third-order valence-corrected chi connectivity index (χ3v) is 4.05. The number of hydrogen-bond acceptors (Lipinski definition) is 2. The maximum atomic E-state index is 6.04. The van der Waals surface area contributed by atoms with Gasteiger partial charge in [-0.25, -0.2) is 0 Å². The molecule has 1 N–H and O–H groups in total. The molecule has 0 aromatic heterocycles. The molecule has 0 aliphatic heterocycles. The van der Waals surface area contributed by atoms with Gasteiger partial charge in [0, 0.05) is 12.1 Å². The second kappa shape index (κ2) is 8.20. The fourth-order valence-corrected chi connectivity index (χ4v) is 2.66. The van der Waals surface area contributed by atoms with E-state index in [0.717, 1.165) is 29.7 Å². The van der Waals surface area contributed by atoms with Crippen LogP contribution in [0.15, 0.2) is 46.9 Å². The number of aryl methyl sites for hydroxylation is 1. The highest BCUT2D eigenvalue weighted by atomic mass is 79.9. The summed E-state index contributed by atoms with van der Waals surface area (Å²) in [5, 5.41) is 3.34. The average Bonchev–Trinajstić information content (AvgIpc) is 2.52. The summed E-state index contributed by atoms with van der Waals surface area (Å²) >= 11 is 3.58. The van der Waals surface area contributed by atoms with Crippen molar-refractivity contribution in [3.8, 4) is 5.75 Å². The Bertz CT molecular complexity index is 566. The van der Waals surface area contributed by atoms with Gasteiger partial charge < -0.3 is 10.1 Å². The largest absolute Gasteiger partial charge is 0.487 e. The van der Waals surface area contributed by atoms with Crippen LogP contribution in [0.1, 0.15) is 30.5 Å². The Morgan fingerprint density at radius 3 is 2.38 bits per heavy atom. The molecule has 0 atom stereocenters. The zero-order valence-electron chi connectivity index (χ0n) is 12.7. The smallest absolute Gasteiger partial charge is 0.138 e. The summed E-state index contributed by atoms with van der Waals surface area (Å²) < 4.78 is 7.04. The second-order valence-corrected chi connectivity index (χ2v) is 5.82. The molecule has 3 heteroatoms. The van der Waals surface area contributed by atoms with Crippen molar-refractivity contribution < 1.29 is 4.74 Å². The molecule has 0 amide bonds. The molecule has 2 rings (SSSR count). The molecule has 0 radical (unpaired) electrons. The minimum atomic E-state index is 0.589. The van der Waals surface area contributed by atoms with Crippen LogP contribution in [0.25, 0.3) is 0 Å². The van der Waals surface area contributed by atoms with E-state index >= 15 is 0 Å². The van der Waals surface area contributed by atoms with E-state index in [1.807, 2.05) is 12.1 Å². The Kier molecular flexibility index (Phi) is 6.27. The molecule has 0 bridgehead atoms. The maximum absolute atomic E-state index is 6.04. The minimum Gasteiger partial charge on any atom is -0.487 e. The van der Waals surface area contributed by atoms with E-state index in [9.17, 15) is 0 Å². The first-order valence-corrected chi connectivity index (χ1v) is 8.22. The van der Waals surface area contributed by atoms with Crippen molar-refractivity contribution in [2.45, 2.75) is 33.4 Å². The third-order valence-electron chi connectivity index (χ3n) is 3.43. The number of ether oxygens (including phenoxy) is 1. The molecule has 21 heavy (non-hydrogen) atoms. The quantitative estimate of drug-likeness (QED) is 0.783. The highest BCUT2D eigenvalue weighted by Gasteiger charge is 2.08. The third kappa shape index (κ3) is 4.58. The van der Waals surface area contributed by atoms with Gasteiger partial charge in [-0.3, -0.25) is 0 Å². The molecule has 2 nitrogen and oxygen atoms in total. The van der Waals surface area contributed by atoms with Crippen molar-refractivity contribution in [1.29, 1.82) is 0 Å². The Hall–Kier alpha value is -1.32. The maximum Gasteiger partial charge on any atom is 0.138 e. The van der Waals surface area contributed by atoms with Gasteiger partial charge in [0.1, 0.15) is 12.4 Å². The van der Waals surface area contributed by atoms with E-state index in [-0.39, 0.29) is 0 Å². The fraction of sp³-hybridized carbons (Fsp3) is 0.333. The molecule has 0 saturated heterocycles. The number of nitrogens with one attached hydrogen (secondary N) is 1. The lowest BCUT2D eigenvalue weighted by Gasteiger charge is -2.14. The molecule has 0 saturated carbocycles. The zero-order chi connectivity index (χ0) is 15.1. The molecular weight excluding hydrogens is 326 g/mol. The van der Waals surface area contributed by atoms with E-state index in [2.05, 4.69) is 65.4 Å². The molecule has 0 unspecified atom stereocenters. The highest BCUT2D eigenvalue weighted by molar-refractivity contribution is 9.10. The van der Waals surface area contributed by atoms with E-state index < -0.39 is 0 Å². The number of rotatable bonds is 7. The number of benzene rings is 2. The van der Waals surface area contributed by atoms with Crippen molar-refractivity contribution in [2.24, 2.45) is 0 Å². The standard InChI is InChI=1S/C18H22BrNO/c1-3-14-8-10-15(11-9-14)13-21-18-16(12-20-4-2)6-5-7-17(18)19/h5-11,20H,3-4,12-13H2,1-2H3. The summed E-state index contributed by atoms with van der Waals surface area (Å²) in [5.74, 6) is 0.929. The summed E-state index contributed by atoms with van der Waals surface area (Å²) in [5.41, 5.74) is 3.72. The minimum absolute atomic E-state index is 0.589. The molecule has 0 aliphatic carbocycles. The van der Waals surface area contributed by atoms with Gasteiger partial charge in [-0.05, 0) is 46.1 Å². The van der Waals surface area contributed by atoms with E-state index in [4.69, 9.17) is 4.74 Å². The van der Waals surface area contributed by atoms with Gasteiger partial charge >= 0.3 is 0 Å². The summed E-state index contributed by atoms with van der Waals surface area (Å²) in [6.07, 6.45) is 1.07. The first-order valence-electron chi connectivity index (χ1n) is 7.43. The molecule has 0 aliphatic rings.